The van der Waals surface area contributed by atoms with Crippen LogP contribution in [0.1, 0.15) is 23.8 Å². The maximum Gasteiger partial charge on any atom is 0.332 e. The molecule has 1 saturated heterocycles. The van der Waals surface area contributed by atoms with Crippen molar-refractivity contribution in [2.75, 3.05) is 13.1 Å². The van der Waals surface area contributed by atoms with Gasteiger partial charge in [-0.3, -0.25) is 14.2 Å². The van der Waals surface area contributed by atoms with E-state index >= 15 is 0 Å². The second-order valence-electron chi connectivity index (χ2n) is 7.94. The first-order valence-electron chi connectivity index (χ1n) is 10.2. The van der Waals surface area contributed by atoms with E-state index in [1.807, 2.05) is 18.2 Å². The van der Waals surface area contributed by atoms with Gasteiger partial charge in [-0.05, 0) is 25.0 Å². The summed E-state index contributed by atoms with van der Waals surface area (Å²) in [5.41, 5.74) is 0.619. The van der Waals surface area contributed by atoms with Crippen molar-refractivity contribution in [3.63, 3.8) is 0 Å². The minimum Gasteiger partial charge on any atom is -0.341 e. The number of imidazole rings is 1. The number of carbonyl (C=O) groups excluding carboxylic acids is 1. The first kappa shape index (κ1) is 19.7. The summed E-state index contributed by atoms with van der Waals surface area (Å²) in [6.07, 6.45) is 3.13. The topological polar surface area (TPSA) is 95.0 Å². The predicted octanol–water partition coefficient (Wildman–Crippen LogP) is 1.45. The van der Waals surface area contributed by atoms with Gasteiger partial charge in [-0.25, -0.2) is 19.3 Å². The molecule has 0 spiro atoms. The lowest BCUT2D eigenvalue weighted by molar-refractivity contribution is -0.133. The van der Waals surface area contributed by atoms with Crippen LogP contribution in [0.5, 0.6) is 0 Å². The highest BCUT2D eigenvalue weighted by Gasteiger charge is 2.27. The molecule has 5 rings (SSSR count). The van der Waals surface area contributed by atoms with E-state index in [1.54, 1.807) is 34.9 Å². The fourth-order valence-electron chi connectivity index (χ4n) is 4.21. The first-order chi connectivity index (χ1) is 14.9. The lowest BCUT2D eigenvalue weighted by Crippen LogP contribution is -2.46. The second kappa shape index (κ2) is 7.45. The number of hydrogen-bond donors (Lipinski definition) is 0. The third-order valence-electron chi connectivity index (χ3n) is 6.00. The van der Waals surface area contributed by atoms with E-state index < -0.39 is 11.2 Å². The summed E-state index contributed by atoms with van der Waals surface area (Å²) < 4.78 is 5.06. The van der Waals surface area contributed by atoms with E-state index in [-0.39, 0.29) is 12.5 Å². The van der Waals surface area contributed by atoms with Gasteiger partial charge < -0.3 is 9.47 Å². The fourth-order valence-corrected chi connectivity index (χ4v) is 5.35. The number of amides is 1. The SMILES string of the molecule is Cn1cnc2c1c(=O)n(CC(=O)N1CCC(c3nc4ccccc4s3)CC1)c(=O)n2C. The minimum absolute atomic E-state index is 0.219. The zero-order chi connectivity index (χ0) is 21.7. The van der Waals surface area contributed by atoms with Crippen molar-refractivity contribution in [3.05, 3.63) is 56.4 Å². The smallest absolute Gasteiger partial charge is 0.332 e. The number of aromatic nitrogens is 5. The van der Waals surface area contributed by atoms with Gasteiger partial charge >= 0.3 is 5.69 Å². The number of carbonyl (C=O) groups is 1. The summed E-state index contributed by atoms with van der Waals surface area (Å²) in [5, 5.41) is 1.11. The Bertz CT molecular complexity index is 1390. The summed E-state index contributed by atoms with van der Waals surface area (Å²) in [5.74, 6) is 0.103. The van der Waals surface area contributed by atoms with Crippen LogP contribution in [0.15, 0.2) is 40.2 Å². The molecule has 3 aromatic heterocycles. The van der Waals surface area contributed by atoms with E-state index in [4.69, 9.17) is 4.98 Å². The predicted molar refractivity (Wildman–Crippen MR) is 118 cm³/mol. The van der Waals surface area contributed by atoms with Crippen LogP contribution in [-0.4, -0.2) is 47.6 Å². The van der Waals surface area contributed by atoms with Crippen molar-refractivity contribution >= 4 is 38.6 Å². The summed E-state index contributed by atoms with van der Waals surface area (Å²) in [7, 11) is 3.25. The quantitative estimate of drug-likeness (QED) is 0.483. The molecule has 31 heavy (non-hydrogen) atoms. The van der Waals surface area contributed by atoms with E-state index in [0.29, 0.717) is 30.2 Å². The molecule has 0 unspecified atom stereocenters. The standard InChI is InChI=1S/C21H22N6O3S/c1-24-12-22-18-17(24)20(29)27(21(30)25(18)2)11-16(28)26-9-7-13(8-10-26)19-23-14-5-3-4-6-15(14)31-19/h3-6,12-13H,7-11H2,1-2H3. The third kappa shape index (κ3) is 3.27. The lowest BCUT2D eigenvalue weighted by atomic mass is 9.97. The maximum atomic E-state index is 12.9. The number of thiazole rings is 1. The fraction of sp³-hybridized carbons (Fsp3) is 0.381. The van der Waals surface area contributed by atoms with Gasteiger partial charge in [0.05, 0.1) is 21.6 Å². The van der Waals surface area contributed by atoms with E-state index in [2.05, 4.69) is 11.1 Å². The van der Waals surface area contributed by atoms with Crippen molar-refractivity contribution in [2.45, 2.75) is 25.3 Å². The van der Waals surface area contributed by atoms with Crippen LogP contribution >= 0.6 is 11.3 Å². The van der Waals surface area contributed by atoms with Crippen LogP contribution in [0.4, 0.5) is 0 Å². The Hall–Kier alpha value is -3.27. The maximum absolute atomic E-state index is 12.9. The van der Waals surface area contributed by atoms with Crippen molar-refractivity contribution in [1.82, 2.24) is 28.6 Å². The van der Waals surface area contributed by atoms with Crippen LogP contribution in [-0.2, 0) is 25.4 Å². The van der Waals surface area contributed by atoms with Crippen molar-refractivity contribution in [1.29, 1.82) is 0 Å². The lowest BCUT2D eigenvalue weighted by Gasteiger charge is -2.31. The van der Waals surface area contributed by atoms with Gasteiger partial charge in [-0.1, -0.05) is 12.1 Å². The molecule has 160 valence electrons. The molecule has 0 atom stereocenters. The summed E-state index contributed by atoms with van der Waals surface area (Å²) in [4.78, 5) is 49.0. The molecule has 1 aliphatic heterocycles. The minimum atomic E-state index is -0.533. The molecule has 0 bridgehead atoms. The Morgan fingerprint density at radius 2 is 1.90 bits per heavy atom. The molecular weight excluding hydrogens is 416 g/mol. The van der Waals surface area contributed by atoms with Crippen LogP contribution in [0.2, 0.25) is 0 Å². The van der Waals surface area contributed by atoms with Gasteiger partial charge in [0, 0.05) is 33.1 Å². The Balaban J connectivity index is 1.33. The van der Waals surface area contributed by atoms with Crippen LogP contribution in [0.25, 0.3) is 21.4 Å². The highest BCUT2D eigenvalue weighted by Crippen LogP contribution is 2.33. The van der Waals surface area contributed by atoms with Crippen LogP contribution in [0.3, 0.4) is 0 Å². The Morgan fingerprint density at radius 3 is 2.65 bits per heavy atom. The van der Waals surface area contributed by atoms with Gasteiger partial charge in [0.15, 0.2) is 11.2 Å². The number of benzene rings is 1. The molecule has 1 fully saturated rings. The van der Waals surface area contributed by atoms with Gasteiger partial charge in [-0.2, -0.15) is 0 Å². The monoisotopic (exact) mass is 438 g/mol. The van der Waals surface area contributed by atoms with Gasteiger partial charge in [0.1, 0.15) is 6.54 Å². The number of hydrogen-bond acceptors (Lipinski definition) is 6. The average molecular weight is 439 g/mol. The van der Waals surface area contributed by atoms with Crippen molar-refractivity contribution in [2.24, 2.45) is 14.1 Å². The number of aryl methyl sites for hydroxylation is 2. The van der Waals surface area contributed by atoms with E-state index in [9.17, 15) is 14.4 Å². The van der Waals surface area contributed by atoms with E-state index in [0.717, 1.165) is 27.9 Å². The number of likely N-dealkylation sites (tertiary alicyclic amines) is 1. The summed E-state index contributed by atoms with van der Waals surface area (Å²) in [6, 6.07) is 8.10. The molecule has 4 aromatic rings. The Kier molecular flexibility index (Phi) is 4.73. The van der Waals surface area contributed by atoms with Gasteiger partial charge in [-0.15, -0.1) is 11.3 Å². The van der Waals surface area contributed by atoms with Crippen LogP contribution < -0.4 is 11.2 Å². The zero-order valence-corrected chi connectivity index (χ0v) is 18.1. The zero-order valence-electron chi connectivity index (χ0n) is 17.3. The Morgan fingerprint density at radius 1 is 1.16 bits per heavy atom. The van der Waals surface area contributed by atoms with E-state index in [1.165, 1.54) is 15.6 Å². The molecule has 0 aliphatic carbocycles. The molecule has 1 aliphatic rings. The van der Waals surface area contributed by atoms with Gasteiger partial charge in [0.25, 0.3) is 5.56 Å². The normalized spacial score (nSPS) is 15.2. The molecule has 1 aromatic carbocycles. The number of rotatable bonds is 3. The highest BCUT2D eigenvalue weighted by molar-refractivity contribution is 7.18. The number of nitrogens with zero attached hydrogens (tertiary/aromatic N) is 6. The first-order valence-corrected chi connectivity index (χ1v) is 11.0. The summed E-state index contributed by atoms with van der Waals surface area (Å²) >= 11 is 1.71. The number of fused-ring (bicyclic) bond motifs is 2. The average Bonchev–Trinajstić information content (AvgIpc) is 3.39. The molecular formula is C21H22N6O3S. The van der Waals surface area contributed by atoms with Crippen molar-refractivity contribution in [3.8, 4) is 0 Å². The molecule has 10 heteroatoms. The molecule has 1 amide bonds. The number of piperidine rings is 1. The second-order valence-corrected chi connectivity index (χ2v) is 9.00. The molecule has 0 saturated carbocycles. The van der Waals surface area contributed by atoms with Crippen LogP contribution in [0, 0.1) is 0 Å². The molecule has 0 radical (unpaired) electrons. The third-order valence-corrected chi connectivity index (χ3v) is 7.20. The Labute approximate surface area is 181 Å². The van der Waals surface area contributed by atoms with Crippen molar-refractivity contribution < 1.29 is 4.79 Å². The largest absolute Gasteiger partial charge is 0.341 e. The molecule has 4 heterocycles. The van der Waals surface area contributed by atoms with Gasteiger partial charge in [0.2, 0.25) is 5.91 Å². The highest BCUT2D eigenvalue weighted by atomic mass is 32.1. The number of para-hydroxylation sites is 1. The summed E-state index contributed by atoms with van der Waals surface area (Å²) in [6.45, 7) is 0.906. The molecule has 9 nitrogen and oxygen atoms in total. The molecule has 0 N–H and O–H groups in total.